The van der Waals surface area contributed by atoms with Crippen LogP contribution >= 0.6 is 0 Å². The number of carbonyl (C=O) groups excluding carboxylic acids is 2. The third-order valence-corrected chi connectivity index (χ3v) is 5.02. The van der Waals surface area contributed by atoms with Crippen LogP contribution in [0.2, 0.25) is 0 Å². The van der Waals surface area contributed by atoms with Crippen LogP contribution in [0.4, 0.5) is 8.68 Å². The highest BCUT2D eigenvalue weighted by atomic mass is 32.3. The number of ether oxygens (including phenoxy) is 1. The van der Waals surface area contributed by atoms with Gasteiger partial charge in [0.25, 0.3) is 0 Å². The number of rotatable bonds is 4. The molecule has 2 fully saturated rings. The van der Waals surface area contributed by atoms with Gasteiger partial charge in [-0.3, -0.25) is 4.79 Å². The second kappa shape index (κ2) is 6.85. The van der Waals surface area contributed by atoms with E-state index in [-0.39, 0.29) is 30.9 Å². The molecule has 0 aromatic carbocycles. The Morgan fingerprint density at radius 3 is 2.54 bits per heavy atom. The van der Waals surface area contributed by atoms with Gasteiger partial charge in [-0.1, -0.05) is 0 Å². The summed E-state index contributed by atoms with van der Waals surface area (Å²) < 4.78 is 39.5. The summed E-state index contributed by atoms with van der Waals surface area (Å²) in [6.07, 6.45) is 0.458. The van der Waals surface area contributed by atoms with E-state index in [4.69, 9.17) is 4.74 Å². The minimum Gasteiger partial charge on any atom is -0.444 e. The van der Waals surface area contributed by atoms with Gasteiger partial charge in [0.05, 0.1) is 5.75 Å². The van der Waals surface area contributed by atoms with Crippen molar-refractivity contribution in [3.8, 4) is 0 Å². The van der Waals surface area contributed by atoms with Crippen LogP contribution in [0.25, 0.3) is 0 Å². The van der Waals surface area contributed by atoms with Crippen molar-refractivity contribution in [2.24, 2.45) is 11.8 Å². The van der Waals surface area contributed by atoms with Crippen molar-refractivity contribution in [3.63, 3.8) is 0 Å². The highest BCUT2D eigenvalue weighted by Crippen LogP contribution is 2.25. The van der Waals surface area contributed by atoms with E-state index in [1.165, 1.54) is 0 Å². The molecule has 0 aromatic rings. The molecule has 2 rings (SSSR count). The van der Waals surface area contributed by atoms with Gasteiger partial charge in [-0.25, -0.2) is 4.79 Å². The highest BCUT2D eigenvalue weighted by molar-refractivity contribution is 7.86. The van der Waals surface area contributed by atoms with Gasteiger partial charge in [-0.2, -0.15) is 8.42 Å². The molecular weight excluding hydrogens is 339 g/mol. The first kappa shape index (κ1) is 19.0. The smallest absolute Gasteiger partial charge is 0.410 e. The summed E-state index contributed by atoms with van der Waals surface area (Å²) in [5, 5.41) is 0. The topological polar surface area (TPSA) is 84.0 Å². The molecule has 138 valence electrons. The number of amides is 2. The van der Waals surface area contributed by atoms with E-state index < -0.39 is 27.5 Å². The molecule has 24 heavy (non-hydrogen) atoms. The summed E-state index contributed by atoms with van der Waals surface area (Å²) in [5.41, 5.74) is -0.550. The molecule has 2 atom stereocenters. The van der Waals surface area contributed by atoms with E-state index in [0.717, 1.165) is 6.42 Å². The van der Waals surface area contributed by atoms with Gasteiger partial charge in [0.2, 0.25) is 5.91 Å². The fraction of sp³-hybridized carbons (Fsp3) is 0.867. The third kappa shape index (κ3) is 5.61. The van der Waals surface area contributed by atoms with Crippen LogP contribution in [0.1, 0.15) is 33.6 Å². The Bertz CT molecular complexity index is 601. The zero-order valence-electron chi connectivity index (χ0n) is 14.3. The van der Waals surface area contributed by atoms with Crippen molar-refractivity contribution in [1.82, 2.24) is 9.80 Å². The summed E-state index contributed by atoms with van der Waals surface area (Å²) in [4.78, 5) is 27.2. The van der Waals surface area contributed by atoms with Gasteiger partial charge < -0.3 is 14.5 Å². The van der Waals surface area contributed by atoms with Gasteiger partial charge in [0.1, 0.15) is 5.60 Å². The molecule has 0 N–H and O–H groups in total. The van der Waals surface area contributed by atoms with Crippen LogP contribution in [-0.4, -0.2) is 67.8 Å². The van der Waals surface area contributed by atoms with Crippen molar-refractivity contribution in [2.75, 3.05) is 31.9 Å². The molecule has 2 heterocycles. The van der Waals surface area contributed by atoms with Crippen LogP contribution in [0.5, 0.6) is 0 Å². The predicted molar refractivity (Wildman–Crippen MR) is 85.5 cm³/mol. The average Bonchev–Trinajstić information content (AvgIpc) is 2.94. The fourth-order valence-electron chi connectivity index (χ4n) is 3.21. The van der Waals surface area contributed by atoms with E-state index >= 15 is 0 Å². The Labute approximate surface area is 142 Å². The normalized spacial score (nSPS) is 25.4. The molecule has 0 spiro atoms. The number of halogens is 1. The van der Waals surface area contributed by atoms with E-state index in [1.54, 1.807) is 30.6 Å². The summed E-state index contributed by atoms with van der Waals surface area (Å²) in [7, 11) is -4.57. The molecule has 0 bridgehead atoms. The Hall–Kier alpha value is -1.38. The first-order valence-corrected chi connectivity index (χ1v) is 9.66. The summed E-state index contributed by atoms with van der Waals surface area (Å²) >= 11 is 0. The summed E-state index contributed by atoms with van der Waals surface area (Å²) in [5.74, 6) is -1.12. The Morgan fingerprint density at radius 2 is 1.96 bits per heavy atom. The maximum atomic E-state index is 12.8. The molecular formula is C15H25FN2O5S. The summed E-state index contributed by atoms with van der Waals surface area (Å²) in [6, 6.07) is 0. The quantitative estimate of drug-likeness (QED) is 0.704. The van der Waals surface area contributed by atoms with Crippen molar-refractivity contribution in [2.45, 2.75) is 39.2 Å². The molecule has 2 saturated heterocycles. The minimum absolute atomic E-state index is 0.0612. The second-order valence-electron chi connectivity index (χ2n) is 7.66. The maximum absolute atomic E-state index is 12.8. The molecule has 2 amide bonds. The van der Waals surface area contributed by atoms with Gasteiger partial charge in [0.15, 0.2) is 0 Å². The largest absolute Gasteiger partial charge is 0.444 e. The number of hydrogen-bond donors (Lipinski definition) is 0. The van der Waals surface area contributed by atoms with Gasteiger partial charge in [-0.05, 0) is 33.1 Å². The summed E-state index contributed by atoms with van der Waals surface area (Å²) in [6.45, 7) is 7.21. The maximum Gasteiger partial charge on any atom is 0.410 e. The Kier molecular flexibility index (Phi) is 5.41. The zero-order valence-corrected chi connectivity index (χ0v) is 15.1. The molecule has 2 aliphatic heterocycles. The van der Waals surface area contributed by atoms with Gasteiger partial charge in [0, 0.05) is 38.5 Å². The van der Waals surface area contributed by atoms with Crippen LogP contribution in [0.3, 0.4) is 0 Å². The molecule has 0 aromatic heterocycles. The monoisotopic (exact) mass is 364 g/mol. The van der Waals surface area contributed by atoms with Gasteiger partial charge >= 0.3 is 16.3 Å². The van der Waals surface area contributed by atoms with Crippen LogP contribution < -0.4 is 0 Å². The lowest BCUT2D eigenvalue weighted by atomic mass is 10.1. The van der Waals surface area contributed by atoms with Crippen molar-refractivity contribution < 1.29 is 26.6 Å². The fourth-order valence-corrected chi connectivity index (χ4v) is 4.00. The van der Waals surface area contributed by atoms with E-state index in [1.807, 2.05) is 0 Å². The molecule has 1 unspecified atom stereocenters. The first-order valence-electron chi connectivity index (χ1n) is 8.11. The number of nitrogens with zero attached hydrogens (tertiary/aromatic N) is 2. The van der Waals surface area contributed by atoms with E-state index in [0.29, 0.717) is 19.6 Å². The molecule has 2 aliphatic rings. The average molecular weight is 364 g/mol. The van der Waals surface area contributed by atoms with E-state index in [9.17, 15) is 21.9 Å². The highest BCUT2D eigenvalue weighted by Gasteiger charge is 2.36. The number of carbonyl (C=O) groups is 2. The molecule has 7 nitrogen and oxygen atoms in total. The number of hydrogen-bond acceptors (Lipinski definition) is 5. The SMILES string of the molecule is CC(C)(C)OC(=O)N1CC[C@H](CN2CC(CS(=O)(=O)F)CC2=O)C1. The zero-order chi connectivity index (χ0) is 18.1. The molecule has 9 heteroatoms. The Balaban J connectivity index is 1.83. The van der Waals surface area contributed by atoms with Crippen molar-refractivity contribution in [3.05, 3.63) is 0 Å². The molecule has 0 aliphatic carbocycles. The third-order valence-electron chi connectivity index (χ3n) is 4.15. The predicted octanol–water partition coefficient (Wildman–Crippen LogP) is 1.39. The first-order chi connectivity index (χ1) is 10.9. The van der Waals surface area contributed by atoms with Crippen molar-refractivity contribution >= 4 is 22.2 Å². The van der Waals surface area contributed by atoms with Gasteiger partial charge in [-0.15, -0.1) is 3.89 Å². The lowest BCUT2D eigenvalue weighted by molar-refractivity contribution is -0.128. The second-order valence-corrected chi connectivity index (χ2v) is 9.07. The van der Waals surface area contributed by atoms with Crippen LogP contribution in [-0.2, 0) is 19.8 Å². The standard InChI is InChI=1S/C15H25FN2O5S/c1-15(2,3)23-14(20)17-5-4-11(7-17)8-18-9-12(6-13(18)19)10-24(16,21)22/h11-12H,4-10H2,1-3H3/t11-,12?/m0/s1. The Morgan fingerprint density at radius 1 is 1.29 bits per heavy atom. The molecule has 0 radical (unpaired) electrons. The van der Waals surface area contributed by atoms with Crippen molar-refractivity contribution in [1.29, 1.82) is 0 Å². The van der Waals surface area contributed by atoms with E-state index in [2.05, 4.69) is 0 Å². The molecule has 0 saturated carbocycles. The minimum atomic E-state index is -4.57. The lowest BCUT2D eigenvalue weighted by Gasteiger charge is -2.25. The van der Waals surface area contributed by atoms with Crippen LogP contribution in [0, 0.1) is 11.8 Å². The lowest BCUT2D eigenvalue weighted by Crippen LogP contribution is -2.37. The number of likely N-dealkylation sites (tertiary alicyclic amines) is 2. The van der Waals surface area contributed by atoms with Crippen LogP contribution in [0.15, 0.2) is 0 Å².